The van der Waals surface area contributed by atoms with E-state index in [9.17, 15) is 14.7 Å². The SMILES string of the molecule is CCOC(=O)c1cc(N=C2C=CC(=O)C=C2Cl)c(C)cc1O. The summed E-state index contributed by atoms with van der Waals surface area (Å²) in [6, 6.07) is 2.87. The number of ketones is 1. The van der Waals surface area contributed by atoms with E-state index >= 15 is 0 Å². The molecule has 1 aromatic carbocycles. The van der Waals surface area contributed by atoms with Crippen LogP contribution in [0.4, 0.5) is 5.69 Å². The fraction of sp³-hybridized carbons (Fsp3) is 0.188. The minimum atomic E-state index is -0.627. The maximum Gasteiger partial charge on any atom is 0.341 e. The number of hydrogen-bond acceptors (Lipinski definition) is 5. The lowest BCUT2D eigenvalue weighted by Crippen LogP contribution is -2.06. The van der Waals surface area contributed by atoms with Crippen LogP contribution in [0.3, 0.4) is 0 Å². The van der Waals surface area contributed by atoms with Crippen LogP contribution in [-0.4, -0.2) is 29.2 Å². The number of allylic oxidation sites excluding steroid dienone is 4. The monoisotopic (exact) mass is 319 g/mol. The van der Waals surface area contributed by atoms with Crippen LogP contribution in [0.1, 0.15) is 22.8 Å². The highest BCUT2D eigenvalue weighted by Crippen LogP contribution is 2.29. The summed E-state index contributed by atoms with van der Waals surface area (Å²) in [6.45, 7) is 3.62. The van der Waals surface area contributed by atoms with E-state index in [4.69, 9.17) is 16.3 Å². The number of phenolic OH excluding ortho intramolecular Hbond substituents is 1. The topological polar surface area (TPSA) is 76.0 Å². The van der Waals surface area contributed by atoms with E-state index < -0.39 is 5.97 Å². The van der Waals surface area contributed by atoms with Gasteiger partial charge in [-0.25, -0.2) is 9.79 Å². The van der Waals surface area contributed by atoms with E-state index in [0.717, 1.165) is 0 Å². The second-order valence-electron chi connectivity index (χ2n) is 4.60. The Morgan fingerprint density at radius 3 is 2.73 bits per heavy atom. The van der Waals surface area contributed by atoms with Gasteiger partial charge in [0.05, 0.1) is 23.0 Å². The number of carbonyl (C=O) groups excluding carboxylic acids is 2. The molecule has 0 unspecified atom stereocenters. The molecule has 1 aliphatic rings. The maximum atomic E-state index is 11.8. The first kappa shape index (κ1) is 16.0. The van der Waals surface area contributed by atoms with Gasteiger partial charge in [0.25, 0.3) is 0 Å². The van der Waals surface area contributed by atoms with Gasteiger partial charge < -0.3 is 9.84 Å². The highest BCUT2D eigenvalue weighted by Gasteiger charge is 2.16. The molecule has 0 spiro atoms. The number of aliphatic imine (C=N–C) groups is 1. The van der Waals surface area contributed by atoms with E-state index in [-0.39, 0.29) is 28.7 Å². The summed E-state index contributed by atoms with van der Waals surface area (Å²) >= 11 is 5.98. The van der Waals surface area contributed by atoms with Crippen LogP contribution in [0.15, 0.2) is 40.4 Å². The van der Waals surface area contributed by atoms with Gasteiger partial charge in [-0.2, -0.15) is 0 Å². The largest absolute Gasteiger partial charge is 0.507 e. The van der Waals surface area contributed by atoms with Gasteiger partial charge in [0.15, 0.2) is 5.78 Å². The predicted octanol–water partition coefficient (Wildman–Crippen LogP) is 3.21. The Labute approximate surface area is 132 Å². The normalized spacial score (nSPS) is 15.9. The molecule has 0 atom stereocenters. The van der Waals surface area contributed by atoms with E-state index in [0.29, 0.717) is 17.0 Å². The number of ether oxygens (including phenoxy) is 1. The fourth-order valence-corrected chi connectivity index (χ4v) is 2.09. The molecular formula is C16H14ClNO4. The lowest BCUT2D eigenvalue weighted by Gasteiger charge is -2.09. The number of phenols is 1. The van der Waals surface area contributed by atoms with Gasteiger partial charge in [-0.15, -0.1) is 0 Å². The van der Waals surface area contributed by atoms with Crippen molar-refractivity contribution < 1.29 is 19.4 Å². The number of carbonyl (C=O) groups is 2. The third-order valence-corrected chi connectivity index (χ3v) is 3.27. The average Bonchev–Trinajstić information content (AvgIpc) is 2.44. The van der Waals surface area contributed by atoms with Gasteiger partial charge in [0.2, 0.25) is 0 Å². The summed E-state index contributed by atoms with van der Waals surface area (Å²) in [7, 11) is 0. The van der Waals surface area contributed by atoms with Gasteiger partial charge in [0.1, 0.15) is 11.3 Å². The highest BCUT2D eigenvalue weighted by atomic mass is 35.5. The van der Waals surface area contributed by atoms with Crippen molar-refractivity contribution in [1.29, 1.82) is 0 Å². The Kier molecular flexibility index (Phi) is 4.78. The lowest BCUT2D eigenvalue weighted by molar-refractivity contribution is -0.110. The molecule has 0 radical (unpaired) electrons. The van der Waals surface area contributed by atoms with Crippen LogP contribution >= 0.6 is 11.6 Å². The summed E-state index contributed by atoms with van der Waals surface area (Å²) in [5.41, 5.74) is 1.56. The lowest BCUT2D eigenvalue weighted by atomic mass is 10.1. The summed E-state index contributed by atoms with van der Waals surface area (Å²) in [6.07, 6.45) is 4.12. The van der Waals surface area contributed by atoms with Crippen molar-refractivity contribution in [2.45, 2.75) is 13.8 Å². The Morgan fingerprint density at radius 2 is 2.09 bits per heavy atom. The molecule has 0 amide bonds. The molecule has 6 heteroatoms. The molecule has 114 valence electrons. The molecule has 22 heavy (non-hydrogen) atoms. The summed E-state index contributed by atoms with van der Waals surface area (Å²) in [5.74, 6) is -1.01. The number of halogens is 1. The third kappa shape index (κ3) is 3.43. The molecule has 0 bridgehead atoms. The van der Waals surface area contributed by atoms with Gasteiger partial charge >= 0.3 is 5.97 Å². The van der Waals surface area contributed by atoms with E-state index in [1.807, 2.05) is 0 Å². The number of esters is 1. The Balaban J connectivity index is 2.46. The van der Waals surface area contributed by atoms with Crippen molar-refractivity contribution in [3.8, 4) is 5.75 Å². The number of nitrogens with zero attached hydrogens (tertiary/aromatic N) is 1. The van der Waals surface area contributed by atoms with Crippen LogP contribution < -0.4 is 0 Å². The van der Waals surface area contributed by atoms with Gasteiger partial charge in [-0.05, 0) is 43.7 Å². The first-order valence-corrected chi connectivity index (χ1v) is 6.99. The zero-order valence-electron chi connectivity index (χ0n) is 12.1. The van der Waals surface area contributed by atoms with Crippen LogP contribution in [-0.2, 0) is 9.53 Å². The fourth-order valence-electron chi connectivity index (χ4n) is 1.88. The molecule has 5 nitrogen and oxygen atoms in total. The van der Waals surface area contributed by atoms with Crippen LogP contribution in [0, 0.1) is 6.92 Å². The Hall–Kier alpha value is -2.40. The summed E-state index contributed by atoms with van der Waals surface area (Å²) in [5, 5.41) is 10.1. The minimum absolute atomic E-state index is 0.0303. The third-order valence-electron chi connectivity index (χ3n) is 2.97. The van der Waals surface area contributed by atoms with Crippen LogP contribution in [0.2, 0.25) is 0 Å². The van der Waals surface area contributed by atoms with Gasteiger partial charge in [-0.3, -0.25) is 4.79 Å². The molecular weight excluding hydrogens is 306 g/mol. The van der Waals surface area contributed by atoms with Gasteiger partial charge in [0, 0.05) is 6.08 Å². The molecule has 1 aromatic rings. The van der Waals surface area contributed by atoms with Crippen molar-refractivity contribution in [3.63, 3.8) is 0 Å². The first-order chi connectivity index (χ1) is 10.4. The van der Waals surface area contributed by atoms with Crippen molar-refractivity contribution in [2.75, 3.05) is 6.61 Å². The molecule has 0 saturated carbocycles. The van der Waals surface area contributed by atoms with Crippen LogP contribution in [0.25, 0.3) is 0 Å². The zero-order chi connectivity index (χ0) is 16.3. The highest BCUT2D eigenvalue weighted by molar-refractivity contribution is 6.48. The molecule has 0 heterocycles. The van der Waals surface area contributed by atoms with E-state index in [1.54, 1.807) is 13.8 Å². The number of benzene rings is 1. The number of rotatable bonds is 3. The number of aryl methyl sites for hydroxylation is 1. The van der Waals surface area contributed by atoms with E-state index in [2.05, 4.69) is 4.99 Å². The van der Waals surface area contributed by atoms with E-state index in [1.165, 1.54) is 30.4 Å². The first-order valence-electron chi connectivity index (χ1n) is 6.61. The number of aromatic hydroxyl groups is 1. The van der Waals surface area contributed by atoms with Gasteiger partial charge in [-0.1, -0.05) is 11.6 Å². The zero-order valence-corrected chi connectivity index (χ0v) is 12.8. The van der Waals surface area contributed by atoms with Crippen LogP contribution in [0.5, 0.6) is 5.75 Å². The van der Waals surface area contributed by atoms with Crippen molar-refractivity contribution >= 4 is 34.8 Å². The maximum absolute atomic E-state index is 11.8. The van der Waals surface area contributed by atoms with Crippen molar-refractivity contribution in [3.05, 3.63) is 46.5 Å². The second kappa shape index (κ2) is 6.58. The minimum Gasteiger partial charge on any atom is -0.507 e. The molecule has 0 saturated heterocycles. The molecule has 2 rings (SSSR count). The van der Waals surface area contributed by atoms with Crippen molar-refractivity contribution in [1.82, 2.24) is 0 Å². The van der Waals surface area contributed by atoms with Crippen molar-refractivity contribution in [2.24, 2.45) is 4.99 Å². The smallest absolute Gasteiger partial charge is 0.341 e. The summed E-state index contributed by atoms with van der Waals surface area (Å²) < 4.78 is 4.89. The molecule has 1 aliphatic carbocycles. The summed E-state index contributed by atoms with van der Waals surface area (Å²) in [4.78, 5) is 27.3. The molecule has 1 N–H and O–H groups in total. The quantitative estimate of drug-likeness (QED) is 0.685. The number of hydrogen-bond donors (Lipinski definition) is 1. The predicted molar refractivity (Wildman–Crippen MR) is 84.0 cm³/mol. The molecule has 0 fully saturated rings. The molecule has 0 aliphatic heterocycles. The second-order valence-corrected chi connectivity index (χ2v) is 5.01. The standard InChI is InChI=1S/C16H14ClNO4/c1-3-22-16(21)11-8-14(9(2)6-15(11)20)18-13-5-4-10(19)7-12(13)17/h4-8,20H,3H2,1-2H3. The average molecular weight is 320 g/mol. The Morgan fingerprint density at radius 1 is 1.36 bits per heavy atom. The molecule has 0 aromatic heterocycles. The Bertz CT molecular complexity index is 732.